The van der Waals surface area contributed by atoms with E-state index >= 15 is 0 Å². The molecule has 0 aliphatic rings. The SMILES string of the molecule is O=C(C(=O)c1ccccc1I)c1ccccc1. The van der Waals surface area contributed by atoms with E-state index in [1.165, 1.54) is 0 Å². The Labute approximate surface area is 113 Å². The summed E-state index contributed by atoms with van der Waals surface area (Å²) in [4.78, 5) is 24.0. The maximum absolute atomic E-state index is 12.0. The number of carbonyl (C=O) groups is 2. The van der Waals surface area contributed by atoms with Crippen LogP contribution in [-0.2, 0) is 0 Å². The molecule has 0 N–H and O–H groups in total. The van der Waals surface area contributed by atoms with Gasteiger partial charge in [-0.3, -0.25) is 9.59 Å². The van der Waals surface area contributed by atoms with Crippen LogP contribution in [0.1, 0.15) is 20.7 Å². The van der Waals surface area contributed by atoms with Gasteiger partial charge in [-0.25, -0.2) is 0 Å². The Kier molecular flexibility index (Phi) is 3.68. The van der Waals surface area contributed by atoms with E-state index in [9.17, 15) is 9.59 Å². The summed E-state index contributed by atoms with van der Waals surface area (Å²) in [6.45, 7) is 0. The number of halogens is 1. The highest BCUT2D eigenvalue weighted by Crippen LogP contribution is 2.14. The number of Topliss-reactive ketones (excluding diaryl/α,β-unsaturated/α-hetero) is 2. The number of hydrogen-bond donors (Lipinski definition) is 0. The van der Waals surface area contributed by atoms with Crippen molar-refractivity contribution in [1.82, 2.24) is 0 Å². The standard InChI is InChI=1S/C14H9IO2/c15-12-9-5-4-8-11(12)14(17)13(16)10-6-2-1-3-7-10/h1-9H. The van der Waals surface area contributed by atoms with Gasteiger partial charge in [-0.05, 0) is 34.7 Å². The number of carbonyl (C=O) groups excluding carboxylic acids is 2. The molecule has 2 rings (SSSR count). The van der Waals surface area contributed by atoms with Crippen LogP contribution in [0.2, 0.25) is 0 Å². The molecule has 3 heteroatoms. The van der Waals surface area contributed by atoms with Gasteiger partial charge in [0.2, 0.25) is 11.6 Å². The highest BCUT2D eigenvalue weighted by atomic mass is 127. The van der Waals surface area contributed by atoms with Crippen LogP contribution < -0.4 is 0 Å². The van der Waals surface area contributed by atoms with Gasteiger partial charge in [-0.1, -0.05) is 42.5 Å². The molecule has 0 aliphatic carbocycles. The third kappa shape index (κ3) is 2.61. The maximum atomic E-state index is 12.0. The second kappa shape index (κ2) is 5.23. The number of benzene rings is 2. The molecule has 0 amide bonds. The second-order valence-electron chi connectivity index (χ2n) is 3.50. The molecule has 0 aliphatic heterocycles. The number of ketones is 2. The molecule has 17 heavy (non-hydrogen) atoms. The summed E-state index contributed by atoms with van der Waals surface area (Å²) < 4.78 is 0.791. The maximum Gasteiger partial charge on any atom is 0.234 e. The third-order valence-electron chi connectivity index (χ3n) is 2.36. The van der Waals surface area contributed by atoms with E-state index in [0.29, 0.717) is 11.1 Å². The second-order valence-corrected chi connectivity index (χ2v) is 4.67. The molecule has 2 aromatic carbocycles. The lowest BCUT2D eigenvalue weighted by Gasteiger charge is -2.02. The first kappa shape index (κ1) is 12.0. The Bertz CT molecular complexity index is 561. The first-order valence-electron chi connectivity index (χ1n) is 5.09. The van der Waals surface area contributed by atoms with Crippen LogP contribution in [0.25, 0.3) is 0 Å². The lowest BCUT2D eigenvalue weighted by molar-refractivity contribution is 0.0816. The van der Waals surface area contributed by atoms with Crippen molar-refractivity contribution in [3.63, 3.8) is 0 Å². The Morgan fingerprint density at radius 1 is 0.765 bits per heavy atom. The fourth-order valence-electron chi connectivity index (χ4n) is 1.49. The van der Waals surface area contributed by atoms with Gasteiger partial charge < -0.3 is 0 Å². The summed E-state index contributed by atoms with van der Waals surface area (Å²) in [5.74, 6) is -0.920. The van der Waals surface area contributed by atoms with Crippen molar-refractivity contribution < 1.29 is 9.59 Å². The Balaban J connectivity index is 2.34. The fourth-order valence-corrected chi connectivity index (χ4v) is 2.12. The van der Waals surface area contributed by atoms with E-state index in [-0.39, 0.29) is 0 Å². The van der Waals surface area contributed by atoms with Gasteiger partial charge in [-0.15, -0.1) is 0 Å². The summed E-state index contributed by atoms with van der Waals surface area (Å²) in [6, 6.07) is 15.7. The fraction of sp³-hybridized carbons (Fsp3) is 0. The average molecular weight is 336 g/mol. The molecule has 0 saturated carbocycles. The van der Waals surface area contributed by atoms with Gasteiger partial charge in [0.15, 0.2) is 0 Å². The van der Waals surface area contributed by atoms with Crippen molar-refractivity contribution in [2.75, 3.05) is 0 Å². The smallest absolute Gasteiger partial charge is 0.234 e. The Morgan fingerprint density at radius 3 is 2.00 bits per heavy atom. The summed E-state index contributed by atoms with van der Waals surface area (Å²) in [7, 11) is 0. The van der Waals surface area contributed by atoms with E-state index in [2.05, 4.69) is 22.6 Å². The predicted molar refractivity (Wildman–Crippen MR) is 74.3 cm³/mol. The Morgan fingerprint density at radius 2 is 1.35 bits per heavy atom. The molecule has 0 bridgehead atoms. The van der Waals surface area contributed by atoms with Crippen molar-refractivity contribution in [3.8, 4) is 0 Å². The molecule has 0 spiro atoms. The molecule has 0 atom stereocenters. The molecule has 0 aromatic heterocycles. The zero-order valence-corrected chi connectivity index (χ0v) is 11.0. The van der Waals surface area contributed by atoms with Crippen LogP contribution in [-0.4, -0.2) is 11.6 Å². The lowest BCUT2D eigenvalue weighted by Crippen LogP contribution is -2.15. The molecule has 0 saturated heterocycles. The lowest BCUT2D eigenvalue weighted by atomic mass is 10.0. The molecule has 2 nitrogen and oxygen atoms in total. The van der Waals surface area contributed by atoms with Crippen LogP contribution in [0.3, 0.4) is 0 Å². The van der Waals surface area contributed by atoms with Crippen LogP contribution in [0.5, 0.6) is 0 Å². The van der Waals surface area contributed by atoms with Gasteiger partial charge in [-0.2, -0.15) is 0 Å². The van der Waals surface area contributed by atoms with E-state index < -0.39 is 11.6 Å². The van der Waals surface area contributed by atoms with Crippen molar-refractivity contribution in [2.45, 2.75) is 0 Å². The van der Waals surface area contributed by atoms with Crippen LogP contribution in [0, 0.1) is 3.57 Å². The average Bonchev–Trinajstić information content (AvgIpc) is 2.39. The zero-order chi connectivity index (χ0) is 12.3. The van der Waals surface area contributed by atoms with Gasteiger partial charge in [0.25, 0.3) is 0 Å². The molecule has 84 valence electrons. The van der Waals surface area contributed by atoms with Gasteiger partial charge in [0.05, 0.1) is 0 Å². The van der Waals surface area contributed by atoms with E-state index in [1.54, 1.807) is 36.4 Å². The third-order valence-corrected chi connectivity index (χ3v) is 3.30. The summed E-state index contributed by atoms with van der Waals surface area (Å²) in [5.41, 5.74) is 0.888. The minimum Gasteiger partial charge on any atom is -0.285 e. The van der Waals surface area contributed by atoms with Crippen molar-refractivity contribution in [1.29, 1.82) is 0 Å². The van der Waals surface area contributed by atoms with Crippen LogP contribution >= 0.6 is 22.6 Å². The molecule has 0 radical (unpaired) electrons. The largest absolute Gasteiger partial charge is 0.285 e. The normalized spacial score (nSPS) is 9.94. The molecule has 0 heterocycles. The molecular weight excluding hydrogens is 327 g/mol. The highest BCUT2D eigenvalue weighted by Gasteiger charge is 2.19. The monoisotopic (exact) mass is 336 g/mol. The first-order valence-corrected chi connectivity index (χ1v) is 6.16. The predicted octanol–water partition coefficient (Wildman–Crippen LogP) is 3.36. The minimum absolute atomic E-state index is 0.428. The van der Waals surface area contributed by atoms with Crippen LogP contribution in [0.4, 0.5) is 0 Å². The zero-order valence-electron chi connectivity index (χ0n) is 8.89. The van der Waals surface area contributed by atoms with Crippen molar-refractivity contribution >= 4 is 34.2 Å². The molecule has 0 fully saturated rings. The van der Waals surface area contributed by atoms with Gasteiger partial charge in [0.1, 0.15) is 0 Å². The summed E-state index contributed by atoms with van der Waals surface area (Å²) in [5, 5.41) is 0. The summed E-state index contributed by atoms with van der Waals surface area (Å²) in [6.07, 6.45) is 0. The van der Waals surface area contributed by atoms with E-state index in [4.69, 9.17) is 0 Å². The topological polar surface area (TPSA) is 34.1 Å². The molecule has 2 aromatic rings. The van der Waals surface area contributed by atoms with E-state index in [0.717, 1.165) is 3.57 Å². The number of hydrogen-bond acceptors (Lipinski definition) is 2. The number of rotatable bonds is 3. The quantitative estimate of drug-likeness (QED) is 0.489. The van der Waals surface area contributed by atoms with Crippen LogP contribution in [0.15, 0.2) is 54.6 Å². The van der Waals surface area contributed by atoms with E-state index in [1.807, 2.05) is 18.2 Å². The first-order chi connectivity index (χ1) is 8.20. The molecule has 0 unspecified atom stereocenters. The van der Waals surface area contributed by atoms with Crippen molar-refractivity contribution in [2.24, 2.45) is 0 Å². The highest BCUT2D eigenvalue weighted by molar-refractivity contribution is 14.1. The molecular formula is C14H9IO2. The van der Waals surface area contributed by atoms with Gasteiger partial charge in [0, 0.05) is 14.7 Å². The summed E-state index contributed by atoms with van der Waals surface area (Å²) >= 11 is 2.06. The van der Waals surface area contributed by atoms with Gasteiger partial charge >= 0.3 is 0 Å². The minimum atomic E-state index is -0.463. The van der Waals surface area contributed by atoms with Crippen molar-refractivity contribution in [3.05, 3.63) is 69.3 Å². The Hall–Kier alpha value is -1.49.